The molecule has 2 aliphatic rings. The third kappa shape index (κ3) is 2.87. The lowest BCUT2D eigenvalue weighted by molar-refractivity contribution is 0.0369. The van der Waals surface area contributed by atoms with Gasteiger partial charge in [0.25, 0.3) is 5.91 Å². The van der Waals surface area contributed by atoms with Crippen LogP contribution in [0.4, 0.5) is 0 Å². The van der Waals surface area contributed by atoms with E-state index in [4.69, 9.17) is 5.73 Å². The highest BCUT2D eigenvalue weighted by molar-refractivity contribution is 7.09. The van der Waals surface area contributed by atoms with Gasteiger partial charge in [0.2, 0.25) is 0 Å². The Bertz CT molecular complexity index is 475. The van der Waals surface area contributed by atoms with Crippen molar-refractivity contribution in [3.63, 3.8) is 0 Å². The van der Waals surface area contributed by atoms with Crippen molar-refractivity contribution in [3.8, 4) is 0 Å². The fourth-order valence-electron chi connectivity index (χ4n) is 3.15. The minimum absolute atomic E-state index is 0.0924. The smallest absolute Gasteiger partial charge is 0.273 e. The van der Waals surface area contributed by atoms with Crippen molar-refractivity contribution in [1.29, 1.82) is 0 Å². The molecule has 1 aromatic rings. The number of piperidine rings is 1. The molecular formula is C14H22N4OS. The van der Waals surface area contributed by atoms with Gasteiger partial charge in [0, 0.05) is 37.5 Å². The monoisotopic (exact) mass is 294 g/mol. The predicted molar refractivity (Wildman–Crippen MR) is 80.0 cm³/mol. The third-order valence-electron chi connectivity index (χ3n) is 4.25. The van der Waals surface area contributed by atoms with Crippen molar-refractivity contribution in [2.24, 2.45) is 5.73 Å². The Hall–Kier alpha value is -0.980. The zero-order valence-corrected chi connectivity index (χ0v) is 12.6. The number of thiazole rings is 1. The first-order valence-electron chi connectivity index (χ1n) is 7.45. The highest BCUT2D eigenvalue weighted by Gasteiger charge is 2.31. The van der Waals surface area contributed by atoms with Crippen molar-refractivity contribution >= 4 is 17.2 Å². The number of carbonyl (C=O) groups is 1. The van der Waals surface area contributed by atoms with E-state index in [0.29, 0.717) is 18.3 Å². The average Bonchev–Trinajstić information content (AvgIpc) is 2.95. The van der Waals surface area contributed by atoms with Crippen LogP contribution in [-0.4, -0.2) is 59.5 Å². The Labute approximate surface area is 123 Å². The summed E-state index contributed by atoms with van der Waals surface area (Å²) in [6, 6.07) is 0.559. The Kier molecular flexibility index (Phi) is 4.33. The number of amides is 1. The predicted octanol–water partition coefficient (Wildman–Crippen LogP) is 0.955. The van der Waals surface area contributed by atoms with E-state index < -0.39 is 0 Å². The summed E-state index contributed by atoms with van der Waals surface area (Å²) in [6.07, 6.45) is 4.58. The van der Waals surface area contributed by atoms with E-state index in [2.05, 4.69) is 9.88 Å². The summed E-state index contributed by atoms with van der Waals surface area (Å²) in [4.78, 5) is 21.4. The van der Waals surface area contributed by atoms with E-state index in [1.165, 1.54) is 25.8 Å². The van der Waals surface area contributed by atoms with Crippen LogP contribution in [0.15, 0.2) is 5.38 Å². The number of carbonyl (C=O) groups excluding carboxylic acids is 1. The molecule has 2 aliphatic heterocycles. The number of hydrogen-bond acceptors (Lipinski definition) is 5. The van der Waals surface area contributed by atoms with E-state index in [1.54, 1.807) is 11.3 Å². The van der Waals surface area contributed by atoms with Gasteiger partial charge in [0.15, 0.2) is 0 Å². The van der Waals surface area contributed by atoms with Crippen molar-refractivity contribution in [2.45, 2.75) is 31.7 Å². The Morgan fingerprint density at radius 1 is 1.40 bits per heavy atom. The fraction of sp³-hybridized carbons (Fsp3) is 0.714. The molecule has 0 aliphatic carbocycles. The summed E-state index contributed by atoms with van der Waals surface area (Å²) in [5.74, 6) is 0.0924. The van der Waals surface area contributed by atoms with Crippen molar-refractivity contribution in [2.75, 3.05) is 32.7 Å². The molecule has 5 nitrogen and oxygen atoms in total. The highest BCUT2D eigenvalue weighted by Crippen LogP contribution is 2.22. The third-order valence-corrected chi connectivity index (χ3v) is 5.16. The summed E-state index contributed by atoms with van der Waals surface area (Å²) in [5, 5.41) is 2.84. The van der Waals surface area contributed by atoms with Gasteiger partial charge >= 0.3 is 0 Å². The van der Waals surface area contributed by atoms with Gasteiger partial charge in [0.05, 0.1) is 5.01 Å². The van der Waals surface area contributed by atoms with Crippen LogP contribution < -0.4 is 5.73 Å². The van der Waals surface area contributed by atoms with E-state index in [1.807, 2.05) is 10.3 Å². The summed E-state index contributed by atoms with van der Waals surface area (Å²) in [5.41, 5.74) is 6.13. The molecule has 2 saturated heterocycles. The minimum Gasteiger partial charge on any atom is -0.334 e. The SMILES string of the molecule is NCCc1nc(C(=O)N2CCN3CCCCC3C2)cs1. The van der Waals surface area contributed by atoms with Gasteiger partial charge < -0.3 is 10.6 Å². The van der Waals surface area contributed by atoms with Crippen LogP contribution in [0.2, 0.25) is 0 Å². The maximum atomic E-state index is 12.5. The number of nitrogens with two attached hydrogens (primary N) is 1. The molecule has 0 aromatic carbocycles. The molecular weight excluding hydrogens is 272 g/mol. The van der Waals surface area contributed by atoms with Gasteiger partial charge in [-0.05, 0) is 25.9 Å². The van der Waals surface area contributed by atoms with E-state index in [9.17, 15) is 4.79 Å². The number of hydrogen-bond donors (Lipinski definition) is 1. The van der Waals surface area contributed by atoms with E-state index in [-0.39, 0.29) is 5.91 Å². The molecule has 3 heterocycles. The molecule has 2 N–H and O–H groups in total. The lowest BCUT2D eigenvalue weighted by Gasteiger charge is -2.43. The van der Waals surface area contributed by atoms with Crippen LogP contribution in [0.25, 0.3) is 0 Å². The van der Waals surface area contributed by atoms with Crippen LogP contribution in [0.1, 0.15) is 34.8 Å². The normalized spacial score (nSPS) is 23.6. The van der Waals surface area contributed by atoms with E-state index >= 15 is 0 Å². The van der Waals surface area contributed by atoms with Crippen molar-refractivity contribution < 1.29 is 4.79 Å². The van der Waals surface area contributed by atoms with Crippen LogP contribution >= 0.6 is 11.3 Å². The Morgan fingerprint density at radius 3 is 3.15 bits per heavy atom. The molecule has 1 aromatic heterocycles. The highest BCUT2D eigenvalue weighted by atomic mass is 32.1. The molecule has 1 unspecified atom stereocenters. The molecule has 0 spiro atoms. The number of rotatable bonds is 3. The van der Waals surface area contributed by atoms with Crippen LogP contribution in [0, 0.1) is 0 Å². The molecule has 1 amide bonds. The maximum absolute atomic E-state index is 12.5. The Balaban J connectivity index is 1.64. The van der Waals surface area contributed by atoms with Gasteiger partial charge in [0.1, 0.15) is 5.69 Å². The molecule has 0 radical (unpaired) electrons. The number of piperazine rings is 1. The van der Waals surface area contributed by atoms with E-state index in [0.717, 1.165) is 31.1 Å². The second-order valence-corrected chi connectivity index (χ2v) is 6.54. The molecule has 2 fully saturated rings. The maximum Gasteiger partial charge on any atom is 0.273 e. The minimum atomic E-state index is 0.0924. The standard InChI is InChI=1S/C14H22N4OS/c15-5-4-13-16-12(10-20-13)14(19)18-8-7-17-6-2-1-3-11(17)9-18/h10-11H,1-9,15H2. The molecule has 20 heavy (non-hydrogen) atoms. The summed E-state index contributed by atoms with van der Waals surface area (Å²) < 4.78 is 0. The average molecular weight is 294 g/mol. The largest absolute Gasteiger partial charge is 0.334 e. The zero-order chi connectivity index (χ0) is 13.9. The van der Waals surface area contributed by atoms with Gasteiger partial charge in [-0.3, -0.25) is 9.69 Å². The lowest BCUT2D eigenvalue weighted by Crippen LogP contribution is -2.56. The molecule has 0 saturated carbocycles. The van der Waals surface area contributed by atoms with Gasteiger partial charge in [-0.1, -0.05) is 6.42 Å². The van der Waals surface area contributed by atoms with Crippen LogP contribution in [-0.2, 0) is 6.42 Å². The van der Waals surface area contributed by atoms with Crippen molar-refractivity contribution in [1.82, 2.24) is 14.8 Å². The first-order chi connectivity index (χ1) is 9.78. The quantitative estimate of drug-likeness (QED) is 0.902. The van der Waals surface area contributed by atoms with Crippen molar-refractivity contribution in [3.05, 3.63) is 16.1 Å². The number of nitrogens with zero attached hydrogens (tertiary/aromatic N) is 3. The zero-order valence-electron chi connectivity index (χ0n) is 11.8. The molecule has 1 atom stereocenters. The fourth-order valence-corrected chi connectivity index (χ4v) is 3.94. The van der Waals surface area contributed by atoms with Crippen LogP contribution in [0.3, 0.4) is 0 Å². The molecule has 110 valence electrons. The van der Waals surface area contributed by atoms with Gasteiger partial charge in [-0.25, -0.2) is 4.98 Å². The summed E-state index contributed by atoms with van der Waals surface area (Å²) >= 11 is 1.54. The van der Waals surface area contributed by atoms with Crippen LogP contribution in [0.5, 0.6) is 0 Å². The second kappa shape index (κ2) is 6.20. The van der Waals surface area contributed by atoms with Gasteiger partial charge in [-0.15, -0.1) is 11.3 Å². The second-order valence-electron chi connectivity index (χ2n) is 5.60. The number of fused-ring (bicyclic) bond motifs is 1. The lowest BCUT2D eigenvalue weighted by atomic mass is 9.99. The molecule has 0 bridgehead atoms. The molecule has 3 rings (SSSR count). The first-order valence-corrected chi connectivity index (χ1v) is 8.33. The topological polar surface area (TPSA) is 62.5 Å². The Morgan fingerprint density at radius 2 is 2.30 bits per heavy atom. The molecule has 6 heteroatoms. The summed E-state index contributed by atoms with van der Waals surface area (Å²) in [7, 11) is 0. The first kappa shape index (κ1) is 14.0. The summed E-state index contributed by atoms with van der Waals surface area (Å²) in [6.45, 7) is 4.49. The van der Waals surface area contributed by atoms with Gasteiger partial charge in [-0.2, -0.15) is 0 Å². The number of aromatic nitrogens is 1.